The van der Waals surface area contributed by atoms with Crippen molar-refractivity contribution >= 4 is 15.9 Å². The average Bonchev–Trinajstić information content (AvgIpc) is 2.36. The van der Waals surface area contributed by atoms with Gasteiger partial charge < -0.3 is 10.5 Å². The molecule has 0 aromatic heterocycles. The van der Waals surface area contributed by atoms with Crippen molar-refractivity contribution in [2.45, 2.75) is 19.4 Å². The van der Waals surface area contributed by atoms with E-state index >= 15 is 0 Å². The number of halogens is 3. The third-order valence-electron chi connectivity index (χ3n) is 2.67. The highest BCUT2D eigenvalue weighted by atomic mass is 79.9. The third-order valence-corrected chi connectivity index (χ3v) is 3.16. The van der Waals surface area contributed by atoms with Gasteiger partial charge >= 0.3 is 0 Å². The lowest BCUT2D eigenvalue weighted by molar-refractivity contribution is 0.414. The predicted octanol–water partition coefficient (Wildman–Crippen LogP) is 4.41. The van der Waals surface area contributed by atoms with E-state index in [2.05, 4.69) is 15.9 Å². The second-order valence-electron chi connectivity index (χ2n) is 4.62. The van der Waals surface area contributed by atoms with Gasteiger partial charge in [-0.15, -0.1) is 0 Å². The van der Waals surface area contributed by atoms with Crippen LogP contribution in [0, 0.1) is 11.6 Å². The molecule has 2 N–H and O–H groups in total. The first-order valence-corrected chi connectivity index (χ1v) is 6.92. The Morgan fingerprint density at radius 3 is 2.50 bits per heavy atom. The first kappa shape index (κ1) is 14.9. The van der Waals surface area contributed by atoms with E-state index in [1.807, 2.05) is 6.92 Å². The Kier molecular flexibility index (Phi) is 4.73. The van der Waals surface area contributed by atoms with Gasteiger partial charge in [-0.25, -0.2) is 8.78 Å². The van der Waals surface area contributed by atoms with E-state index in [9.17, 15) is 8.78 Å². The molecule has 0 aliphatic heterocycles. The molecule has 5 heteroatoms. The van der Waals surface area contributed by atoms with Crippen molar-refractivity contribution in [3.05, 3.63) is 58.1 Å². The first-order valence-electron chi connectivity index (χ1n) is 6.12. The quantitative estimate of drug-likeness (QED) is 0.893. The summed E-state index contributed by atoms with van der Waals surface area (Å²) in [5, 5.41) is 0. The molecule has 0 heterocycles. The summed E-state index contributed by atoms with van der Waals surface area (Å²) in [6.07, 6.45) is 0.572. The normalized spacial score (nSPS) is 12.2. The molecule has 2 aromatic carbocycles. The van der Waals surface area contributed by atoms with E-state index in [-0.39, 0.29) is 17.5 Å². The molecule has 2 aromatic rings. The van der Waals surface area contributed by atoms with Gasteiger partial charge in [-0.05, 0) is 49.2 Å². The van der Waals surface area contributed by atoms with Crippen molar-refractivity contribution in [1.82, 2.24) is 0 Å². The number of benzene rings is 2. The number of rotatable bonds is 4. The van der Waals surface area contributed by atoms with Crippen LogP contribution >= 0.6 is 15.9 Å². The summed E-state index contributed by atoms with van der Waals surface area (Å²) in [5.74, 6) is -1.14. The molecule has 2 nitrogen and oxygen atoms in total. The fourth-order valence-corrected chi connectivity index (χ4v) is 2.14. The Balaban J connectivity index is 2.23. The molecule has 0 aliphatic rings. The van der Waals surface area contributed by atoms with Gasteiger partial charge in [0.25, 0.3) is 0 Å². The smallest absolute Gasteiger partial charge is 0.165 e. The van der Waals surface area contributed by atoms with Crippen LogP contribution in [0.5, 0.6) is 11.5 Å². The van der Waals surface area contributed by atoms with Crippen molar-refractivity contribution in [1.29, 1.82) is 0 Å². The van der Waals surface area contributed by atoms with E-state index in [1.165, 1.54) is 24.3 Å². The van der Waals surface area contributed by atoms with Crippen molar-refractivity contribution in [3.8, 4) is 11.5 Å². The van der Waals surface area contributed by atoms with Crippen molar-refractivity contribution in [2.24, 2.45) is 5.73 Å². The topological polar surface area (TPSA) is 35.2 Å². The highest BCUT2D eigenvalue weighted by molar-refractivity contribution is 9.10. The van der Waals surface area contributed by atoms with E-state index in [4.69, 9.17) is 10.5 Å². The summed E-state index contributed by atoms with van der Waals surface area (Å²) >= 11 is 3.21. The maximum atomic E-state index is 13.9. The van der Waals surface area contributed by atoms with Crippen LogP contribution < -0.4 is 10.5 Å². The highest BCUT2D eigenvalue weighted by Gasteiger charge is 2.10. The molecule has 0 radical (unpaired) electrons. The van der Waals surface area contributed by atoms with Crippen LogP contribution in [0.3, 0.4) is 0 Å². The van der Waals surface area contributed by atoms with Crippen LogP contribution in [0.25, 0.3) is 0 Å². The number of hydrogen-bond acceptors (Lipinski definition) is 2. The fraction of sp³-hybridized carbons (Fsp3) is 0.200. The molecule has 0 saturated carbocycles. The molecule has 2 rings (SSSR count). The lowest BCUT2D eigenvalue weighted by Gasteiger charge is -2.10. The Hall–Kier alpha value is -1.46. The summed E-state index contributed by atoms with van der Waals surface area (Å²) in [6.45, 7) is 1.85. The lowest BCUT2D eigenvalue weighted by atomic mass is 10.1. The molecule has 0 fully saturated rings. The molecular formula is C15H14BrF2NO. The molecule has 0 spiro atoms. The van der Waals surface area contributed by atoms with Crippen LogP contribution in [0.2, 0.25) is 0 Å². The largest absolute Gasteiger partial charge is 0.451 e. The molecule has 20 heavy (non-hydrogen) atoms. The Bertz CT molecular complexity index is 617. The van der Waals surface area contributed by atoms with Crippen molar-refractivity contribution < 1.29 is 13.5 Å². The van der Waals surface area contributed by atoms with Crippen molar-refractivity contribution in [2.75, 3.05) is 0 Å². The van der Waals surface area contributed by atoms with Crippen LogP contribution in [0.4, 0.5) is 8.78 Å². The maximum absolute atomic E-state index is 13.9. The standard InChI is InChI=1S/C15H14BrF2NO/c1-9(19)6-10-2-5-14(13(18)7-10)20-15-8-11(16)3-4-12(15)17/h2-5,7-9H,6,19H2,1H3. The Morgan fingerprint density at radius 2 is 1.85 bits per heavy atom. The lowest BCUT2D eigenvalue weighted by Crippen LogP contribution is -2.17. The van der Waals surface area contributed by atoms with E-state index < -0.39 is 11.6 Å². The molecule has 0 aliphatic carbocycles. The minimum atomic E-state index is -0.549. The molecule has 1 atom stereocenters. The van der Waals surface area contributed by atoms with Gasteiger partial charge in [-0.2, -0.15) is 0 Å². The van der Waals surface area contributed by atoms with Gasteiger partial charge in [0.15, 0.2) is 23.1 Å². The van der Waals surface area contributed by atoms with Crippen molar-refractivity contribution in [3.63, 3.8) is 0 Å². The van der Waals surface area contributed by atoms with Crippen LogP contribution in [-0.2, 0) is 6.42 Å². The second kappa shape index (κ2) is 6.33. The van der Waals surface area contributed by atoms with Crippen LogP contribution in [0.15, 0.2) is 40.9 Å². The predicted molar refractivity (Wildman–Crippen MR) is 77.9 cm³/mol. The summed E-state index contributed by atoms with van der Waals surface area (Å²) in [4.78, 5) is 0. The molecule has 0 saturated heterocycles. The van der Waals surface area contributed by atoms with Gasteiger partial charge in [-0.1, -0.05) is 22.0 Å². The second-order valence-corrected chi connectivity index (χ2v) is 5.54. The zero-order valence-corrected chi connectivity index (χ0v) is 12.5. The maximum Gasteiger partial charge on any atom is 0.165 e. The van der Waals surface area contributed by atoms with E-state index in [0.29, 0.717) is 10.9 Å². The number of hydrogen-bond donors (Lipinski definition) is 1. The summed E-state index contributed by atoms with van der Waals surface area (Å²) in [6, 6.07) is 8.75. The van der Waals surface area contributed by atoms with E-state index in [1.54, 1.807) is 12.1 Å². The number of ether oxygens (including phenoxy) is 1. The molecule has 0 bridgehead atoms. The van der Waals surface area contributed by atoms with Gasteiger partial charge in [0.1, 0.15) is 0 Å². The average molecular weight is 342 g/mol. The number of nitrogens with two attached hydrogens (primary N) is 1. The monoisotopic (exact) mass is 341 g/mol. The first-order chi connectivity index (χ1) is 9.45. The summed E-state index contributed by atoms with van der Waals surface area (Å²) in [7, 11) is 0. The van der Waals surface area contributed by atoms with Crippen LogP contribution in [0.1, 0.15) is 12.5 Å². The minimum absolute atomic E-state index is 0.0181. The van der Waals surface area contributed by atoms with Gasteiger partial charge in [0, 0.05) is 10.5 Å². The van der Waals surface area contributed by atoms with E-state index in [0.717, 1.165) is 5.56 Å². The van der Waals surface area contributed by atoms with Crippen LogP contribution in [-0.4, -0.2) is 6.04 Å². The minimum Gasteiger partial charge on any atom is -0.451 e. The highest BCUT2D eigenvalue weighted by Crippen LogP contribution is 2.29. The van der Waals surface area contributed by atoms with Gasteiger partial charge in [-0.3, -0.25) is 0 Å². The third kappa shape index (κ3) is 3.77. The summed E-state index contributed by atoms with van der Waals surface area (Å²) < 4.78 is 33.4. The molecule has 1 unspecified atom stereocenters. The van der Waals surface area contributed by atoms with Gasteiger partial charge in [0.05, 0.1) is 0 Å². The zero-order valence-electron chi connectivity index (χ0n) is 10.9. The molecular weight excluding hydrogens is 328 g/mol. The molecule has 0 amide bonds. The Morgan fingerprint density at radius 1 is 1.10 bits per heavy atom. The SMILES string of the molecule is CC(N)Cc1ccc(Oc2cc(Br)ccc2F)c(F)c1. The molecule has 106 valence electrons. The summed E-state index contributed by atoms with van der Waals surface area (Å²) in [5.41, 5.74) is 6.44. The van der Waals surface area contributed by atoms with Gasteiger partial charge in [0.2, 0.25) is 0 Å². The Labute approximate surface area is 124 Å². The zero-order chi connectivity index (χ0) is 14.7. The fourth-order valence-electron chi connectivity index (χ4n) is 1.80.